The van der Waals surface area contributed by atoms with Gasteiger partial charge in [0.25, 0.3) is 0 Å². The molecule has 0 radical (unpaired) electrons. The van der Waals surface area contributed by atoms with Crippen molar-refractivity contribution in [1.29, 1.82) is 0 Å². The van der Waals surface area contributed by atoms with Crippen LogP contribution in [0.4, 0.5) is 0 Å². The zero-order valence-electron chi connectivity index (χ0n) is 14.9. The number of hydrogen-bond donors (Lipinski definition) is 2. The normalized spacial score (nSPS) is 11.8. The first-order valence-electron chi connectivity index (χ1n) is 7.99. The molecule has 2 N–H and O–H groups in total. The highest BCUT2D eigenvalue weighted by Crippen LogP contribution is 2.13. The van der Waals surface area contributed by atoms with Crippen LogP contribution >= 0.6 is 0 Å². The molecule has 22 heavy (non-hydrogen) atoms. The smallest absolute Gasteiger partial charge is 0.223 e. The lowest BCUT2D eigenvalue weighted by Crippen LogP contribution is -2.40. The second kappa shape index (κ2) is 12.9. The van der Waals surface area contributed by atoms with E-state index in [0.717, 1.165) is 5.56 Å². The van der Waals surface area contributed by atoms with Gasteiger partial charge < -0.3 is 10.4 Å². The summed E-state index contributed by atoms with van der Waals surface area (Å²) in [4.78, 5) is 22.9. The molecule has 0 aromatic heterocycles. The molecular weight excluding hydrogens is 278 g/mol. The summed E-state index contributed by atoms with van der Waals surface area (Å²) in [6.07, 6.45) is 0.580. The van der Waals surface area contributed by atoms with Crippen molar-refractivity contribution in [2.24, 2.45) is 5.92 Å². The van der Waals surface area contributed by atoms with E-state index in [1.165, 1.54) is 6.92 Å². The van der Waals surface area contributed by atoms with Crippen molar-refractivity contribution in [3.63, 3.8) is 0 Å². The molecule has 4 nitrogen and oxygen atoms in total. The van der Waals surface area contributed by atoms with Gasteiger partial charge in [0.15, 0.2) is 5.78 Å². The quantitative estimate of drug-likeness (QED) is 0.871. The van der Waals surface area contributed by atoms with Crippen molar-refractivity contribution < 1.29 is 14.7 Å². The topological polar surface area (TPSA) is 66.4 Å². The fourth-order valence-corrected chi connectivity index (χ4v) is 1.54. The molecule has 0 saturated carbocycles. The molecule has 126 valence electrons. The molecule has 0 spiro atoms. The Bertz CT molecular complexity index is 426. The van der Waals surface area contributed by atoms with E-state index in [0.29, 0.717) is 6.42 Å². The summed E-state index contributed by atoms with van der Waals surface area (Å²) in [5, 5.41) is 11.8. The third-order valence-corrected chi connectivity index (χ3v) is 2.89. The van der Waals surface area contributed by atoms with Gasteiger partial charge in [-0.2, -0.15) is 0 Å². The number of benzene rings is 1. The minimum atomic E-state index is -0.445. The third-order valence-electron chi connectivity index (χ3n) is 2.89. The molecule has 2 atom stereocenters. The van der Waals surface area contributed by atoms with Crippen LogP contribution in [0, 0.1) is 5.92 Å². The Kier molecular flexibility index (Phi) is 13.1. The molecule has 0 heterocycles. The highest BCUT2D eigenvalue weighted by atomic mass is 16.3. The molecule has 0 aliphatic carbocycles. The predicted octanol–water partition coefficient (Wildman–Crippen LogP) is 3.72. The van der Waals surface area contributed by atoms with Crippen LogP contribution in [0.2, 0.25) is 0 Å². The summed E-state index contributed by atoms with van der Waals surface area (Å²) in [5.74, 6) is -0.191. The zero-order valence-corrected chi connectivity index (χ0v) is 14.9. The highest BCUT2D eigenvalue weighted by molar-refractivity contribution is 5.87. The van der Waals surface area contributed by atoms with Gasteiger partial charge in [-0.1, -0.05) is 46.8 Å². The van der Waals surface area contributed by atoms with Crippen LogP contribution in [0.3, 0.4) is 0 Å². The molecule has 1 rings (SSSR count). The maximum Gasteiger partial charge on any atom is 0.223 e. The van der Waals surface area contributed by atoms with Crippen LogP contribution in [0.1, 0.15) is 54.0 Å². The van der Waals surface area contributed by atoms with Gasteiger partial charge in [0, 0.05) is 5.92 Å². The second-order valence-electron chi connectivity index (χ2n) is 4.61. The fraction of sp³-hybridized carbons (Fsp3) is 0.556. The van der Waals surface area contributed by atoms with Gasteiger partial charge in [-0.05, 0) is 38.0 Å². The Balaban J connectivity index is 0. The number of rotatable bonds is 5. The van der Waals surface area contributed by atoms with Crippen molar-refractivity contribution >= 4 is 11.7 Å². The van der Waals surface area contributed by atoms with E-state index in [2.05, 4.69) is 5.32 Å². The van der Waals surface area contributed by atoms with Crippen molar-refractivity contribution in [1.82, 2.24) is 5.32 Å². The van der Waals surface area contributed by atoms with Crippen LogP contribution in [0.5, 0.6) is 5.75 Å². The van der Waals surface area contributed by atoms with Gasteiger partial charge in [0.2, 0.25) is 5.91 Å². The average molecular weight is 309 g/mol. The summed E-state index contributed by atoms with van der Waals surface area (Å²) in [5.41, 5.74) is 0.978. The van der Waals surface area contributed by atoms with E-state index in [1.807, 2.05) is 34.6 Å². The lowest BCUT2D eigenvalue weighted by molar-refractivity contribution is -0.128. The van der Waals surface area contributed by atoms with Gasteiger partial charge in [0.05, 0.1) is 6.04 Å². The van der Waals surface area contributed by atoms with Gasteiger partial charge in [-0.3, -0.25) is 9.59 Å². The Morgan fingerprint density at radius 3 is 1.91 bits per heavy atom. The molecule has 0 aliphatic heterocycles. The van der Waals surface area contributed by atoms with Crippen molar-refractivity contribution in [3.05, 3.63) is 29.8 Å². The van der Waals surface area contributed by atoms with Gasteiger partial charge in [-0.25, -0.2) is 0 Å². The number of phenolic OH excluding ortho intramolecular Hbond substituents is 1. The molecule has 0 bridgehead atoms. The van der Waals surface area contributed by atoms with E-state index in [4.69, 9.17) is 5.11 Å². The Labute approximate surface area is 134 Å². The third kappa shape index (κ3) is 9.16. The maximum atomic E-state index is 11.8. The SMILES string of the molecule is CC.CC.CC(=O)[C@@H](C)NC(=O)C(C)Cc1ccc(O)cc1. The molecule has 0 aliphatic rings. The zero-order chi connectivity index (χ0) is 17.7. The Hall–Kier alpha value is -1.84. The molecular formula is C18H31NO3. The Morgan fingerprint density at radius 2 is 1.50 bits per heavy atom. The van der Waals surface area contributed by atoms with Gasteiger partial charge >= 0.3 is 0 Å². The number of aromatic hydroxyl groups is 1. The van der Waals surface area contributed by atoms with E-state index in [1.54, 1.807) is 31.2 Å². The minimum Gasteiger partial charge on any atom is -0.508 e. The van der Waals surface area contributed by atoms with E-state index >= 15 is 0 Å². The van der Waals surface area contributed by atoms with Gasteiger partial charge in [0.1, 0.15) is 5.75 Å². The molecule has 0 saturated heterocycles. The van der Waals surface area contributed by atoms with Crippen molar-refractivity contribution in [2.75, 3.05) is 0 Å². The lowest BCUT2D eigenvalue weighted by atomic mass is 10.00. The summed E-state index contributed by atoms with van der Waals surface area (Å²) >= 11 is 0. The fourth-order valence-electron chi connectivity index (χ4n) is 1.54. The largest absolute Gasteiger partial charge is 0.508 e. The summed E-state index contributed by atoms with van der Waals surface area (Å²) in [6.45, 7) is 12.9. The monoisotopic (exact) mass is 309 g/mol. The van der Waals surface area contributed by atoms with Crippen LogP contribution in [0.15, 0.2) is 24.3 Å². The number of phenols is 1. The summed E-state index contributed by atoms with van der Waals surface area (Å²) < 4.78 is 0. The van der Waals surface area contributed by atoms with E-state index < -0.39 is 6.04 Å². The maximum absolute atomic E-state index is 11.8. The summed E-state index contributed by atoms with van der Waals surface area (Å²) in [6, 6.07) is 6.32. The standard InChI is InChI=1S/C14H19NO3.2C2H6/c1-9(14(18)15-10(2)11(3)16)8-12-4-6-13(17)7-5-12;2*1-2/h4-7,9-10,17H,8H2,1-3H3,(H,15,18);2*1-2H3/t9?,10-;;/m1../s1. The van der Waals surface area contributed by atoms with Crippen LogP contribution in [-0.2, 0) is 16.0 Å². The first-order chi connectivity index (χ1) is 10.4. The van der Waals surface area contributed by atoms with Gasteiger partial charge in [-0.15, -0.1) is 0 Å². The lowest BCUT2D eigenvalue weighted by Gasteiger charge is -2.15. The van der Waals surface area contributed by atoms with E-state index in [9.17, 15) is 9.59 Å². The highest BCUT2D eigenvalue weighted by Gasteiger charge is 2.17. The first kappa shape index (κ1) is 22.4. The number of nitrogens with one attached hydrogen (secondary N) is 1. The second-order valence-corrected chi connectivity index (χ2v) is 4.61. The molecule has 4 heteroatoms. The van der Waals surface area contributed by atoms with E-state index in [-0.39, 0.29) is 23.4 Å². The number of ketones is 1. The van der Waals surface area contributed by atoms with Crippen molar-refractivity contribution in [2.45, 2.75) is 60.9 Å². The molecule has 1 aromatic carbocycles. The Morgan fingerprint density at radius 1 is 1.05 bits per heavy atom. The number of carbonyl (C=O) groups excluding carboxylic acids is 2. The molecule has 1 aromatic rings. The number of carbonyl (C=O) groups is 2. The van der Waals surface area contributed by atoms with Crippen LogP contribution in [-0.4, -0.2) is 22.8 Å². The molecule has 0 fully saturated rings. The van der Waals surface area contributed by atoms with Crippen molar-refractivity contribution in [3.8, 4) is 5.75 Å². The molecule has 1 amide bonds. The van der Waals surface area contributed by atoms with Crippen LogP contribution < -0.4 is 5.32 Å². The number of amides is 1. The summed E-state index contributed by atoms with van der Waals surface area (Å²) in [7, 11) is 0. The first-order valence-corrected chi connectivity index (χ1v) is 7.99. The number of Topliss-reactive ketones (excluding diaryl/α,β-unsaturated/α-hetero) is 1. The molecule has 1 unspecified atom stereocenters. The minimum absolute atomic E-state index is 0.0554. The average Bonchev–Trinajstić information content (AvgIpc) is 2.53. The predicted molar refractivity (Wildman–Crippen MR) is 92.0 cm³/mol. The van der Waals surface area contributed by atoms with Crippen LogP contribution in [0.25, 0.3) is 0 Å². The number of hydrogen-bond acceptors (Lipinski definition) is 3.